The van der Waals surface area contributed by atoms with Gasteiger partial charge in [-0.15, -0.1) is 0 Å². The van der Waals surface area contributed by atoms with E-state index in [0.717, 1.165) is 11.4 Å². The third-order valence-corrected chi connectivity index (χ3v) is 4.86. The summed E-state index contributed by atoms with van der Waals surface area (Å²) in [6.45, 7) is 2.54. The van der Waals surface area contributed by atoms with Crippen molar-refractivity contribution >= 4 is 11.9 Å². The molecule has 29 heavy (non-hydrogen) atoms. The Kier molecular flexibility index (Phi) is 5.51. The Morgan fingerprint density at radius 2 is 1.97 bits per heavy atom. The van der Waals surface area contributed by atoms with Crippen molar-refractivity contribution < 1.29 is 9.59 Å². The molecule has 0 saturated carbocycles. The number of benzene rings is 1. The molecule has 1 saturated heterocycles. The van der Waals surface area contributed by atoms with Gasteiger partial charge >= 0.3 is 6.03 Å². The van der Waals surface area contributed by atoms with E-state index < -0.39 is 0 Å². The minimum absolute atomic E-state index is 0.0897. The van der Waals surface area contributed by atoms with E-state index in [0.29, 0.717) is 38.3 Å². The molecule has 1 aliphatic heterocycles. The van der Waals surface area contributed by atoms with Gasteiger partial charge < -0.3 is 15.1 Å². The third-order valence-electron chi connectivity index (χ3n) is 4.86. The fraction of sp³-hybridized carbons (Fsp3) is 0.238. The van der Waals surface area contributed by atoms with E-state index in [1.54, 1.807) is 40.5 Å². The molecule has 2 aromatic heterocycles. The van der Waals surface area contributed by atoms with Crippen LogP contribution in [0.25, 0.3) is 5.69 Å². The van der Waals surface area contributed by atoms with Crippen LogP contribution in [-0.4, -0.2) is 62.7 Å². The monoisotopic (exact) mass is 390 g/mol. The molecule has 3 aromatic rings. The zero-order chi connectivity index (χ0) is 20.1. The summed E-state index contributed by atoms with van der Waals surface area (Å²) in [5, 5.41) is 7.20. The number of hydrogen-bond acceptors (Lipinski definition) is 4. The number of hydrogen-bond donors (Lipinski definition) is 1. The summed E-state index contributed by atoms with van der Waals surface area (Å²) in [7, 11) is 0. The predicted octanol–water partition coefficient (Wildman–Crippen LogP) is 1.93. The first-order valence-corrected chi connectivity index (χ1v) is 9.53. The van der Waals surface area contributed by atoms with Crippen molar-refractivity contribution in [1.82, 2.24) is 29.9 Å². The lowest BCUT2D eigenvalue weighted by Gasteiger charge is -2.25. The van der Waals surface area contributed by atoms with Gasteiger partial charge in [-0.25, -0.2) is 9.48 Å². The van der Waals surface area contributed by atoms with Crippen molar-refractivity contribution in [3.63, 3.8) is 0 Å². The van der Waals surface area contributed by atoms with E-state index in [-0.39, 0.29) is 11.9 Å². The van der Waals surface area contributed by atoms with E-state index in [2.05, 4.69) is 15.4 Å². The summed E-state index contributed by atoms with van der Waals surface area (Å²) >= 11 is 0. The predicted molar refractivity (Wildman–Crippen MR) is 108 cm³/mol. The summed E-state index contributed by atoms with van der Waals surface area (Å²) in [6.07, 6.45) is 4.93. The Morgan fingerprint density at radius 3 is 2.69 bits per heavy atom. The van der Waals surface area contributed by atoms with Gasteiger partial charge in [-0.05, 0) is 30.3 Å². The Morgan fingerprint density at radius 1 is 1.10 bits per heavy atom. The van der Waals surface area contributed by atoms with Crippen LogP contribution < -0.4 is 5.32 Å². The second kappa shape index (κ2) is 8.55. The maximum atomic E-state index is 13.1. The van der Waals surface area contributed by atoms with Crippen LogP contribution >= 0.6 is 0 Å². The molecule has 8 nitrogen and oxygen atoms in total. The molecule has 1 N–H and O–H groups in total. The smallest absolute Gasteiger partial charge is 0.317 e. The Balaban J connectivity index is 1.56. The molecular weight excluding hydrogens is 368 g/mol. The molecule has 4 rings (SSSR count). The van der Waals surface area contributed by atoms with Crippen LogP contribution in [0.4, 0.5) is 4.79 Å². The summed E-state index contributed by atoms with van der Waals surface area (Å²) in [5.74, 6) is -0.126. The highest BCUT2D eigenvalue weighted by Crippen LogP contribution is 2.14. The van der Waals surface area contributed by atoms with Gasteiger partial charge in [0, 0.05) is 44.8 Å². The minimum atomic E-state index is -0.126. The number of rotatable bonds is 7. The second-order valence-electron chi connectivity index (χ2n) is 6.76. The van der Waals surface area contributed by atoms with Gasteiger partial charge in [0.1, 0.15) is 0 Å². The maximum absolute atomic E-state index is 13.1. The lowest BCUT2D eigenvalue weighted by molar-refractivity contribution is 0.0727. The molecule has 3 amide bonds. The van der Waals surface area contributed by atoms with Gasteiger partial charge in [-0.3, -0.25) is 9.78 Å². The van der Waals surface area contributed by atoms with Gasteiger partial charge in [0.05, 0.1) is 23.5 Å². The molecule has 1 fully saturated rings. The van der Waals surface area contributed by atoms with Crippen molar-refractivity contribution in [1.29, 1.82) is 0 Å². The molecular formula is C21H22N6O2. The Bertz CT molecular complexity index is 973. The fourth-order valence-corrected chi connectivity index (χ4v) is 3.34. The number of pyridine rings is 1. The van der Waals surface area contributed by atoms with Crippen LogP contribution in [-0.2, 0) is 6.54 Å². The van der Waals surface area contributed by atoms with Crippen molar-refractivity contribution in [2.75, 3.05) is 26.2 Å². The van der Waals surface area contributed by atoms with Gasteiger partial charge in [0.2, 0.25) is 0 Å². The van der Waals surface area contributed by atoms with Crippen LogP contribution in [0.3, 0.4) is 0 Å². The van der Waals surface area contributed by atoms with Gasteiger partial charge in [-0.2, -0.15) is 5.10 Å². The zero-order valence-corrected chi connectivity index (χ0v) is 15.9. The van der Waals surface area contributed by atoms with Crippen LogP contribution in [0.2, 0.25) is 0 Å². The number of nitrogens with zero attached hydrogens (tertiary/aromatic N) is 5. The SMILES string of the molecule is O=C1NCCN1CCN(Cc1ccnn1-c1ccccc1)C(=O)c1cccnc1. The van der Waals surface area contributed by atoms with E-state index in [1.807, 2.05) is 41.1 Å². The molecule has 1 aromatic carbocycles. The number of carbonyl (C=O) groups excluding carboxylic acids is 2. The van der Waals surface area contributed by atoms with E-state index in [1.165, 1.54) is 0 Å². The molecule has 3 heterocycles. The molecule has 8 heteroatoms. The first-order chi connectivity index (χ1) is 14.2. The molecule has 148 valence electrons. The second-order valence-corrected chi connectivity index (χ2v) is 6.76. The zero-order valence-electron chi connectivity index (χ0n) is 15.9. The van der Waals surface area contributed by atoms with Crippen LogP contribution in [0, 0.1) is 0 Å². The number of aromatic nitrogens is 3. The molecule has 0 bridgehead atoms. The third kappa shape index (κ3) is 4.26. The highest BCUT2D eigenvalue weighted by molar-refractivity contribution is 5.93. The van der Waals surface area contributed by atoms with Gasteiger partial charge in [0.25, 0.3) is 5.91 Å². The molecule has 0 radical (unpaired) electrons. The topological polar surface area (TPSA) is 83.4 Å². The first-order valence-electron chi connectivity index (χ1n) is 9.53. The average molecular weight is 390 g/mol. The van der Waals surface area contributed by atoms with Crippen LogP contribution in [0.5, 0.6) is 0 Å². The van der Waals surface area contributed by atoms with E-state index in [9.17, 15) is 9.59 Å². The number of carbonyl (C=O) groups is 2. The minimum Gasteiger partial charge on any atom is -0.336 e. The Hall–Kier alpha value is -3.68. The lowest BCUT2D eigenvalue weighted by atomic mass is 10.2. The Labute approximate surface area is 168 Å². The van der Waals surface area contributed by atoms with E-state index >= 15 is 0 Å². The first kappa shape index (κ1) is 18.7. The van der Waals surface area contributed by atoms with Crippen molar-refractivity contribution in [2.24, 2.45) is 0 Å². The van der Waals surface area contributed by atoms with Crippen molar-refractivity contribution in [3.8, 4) is 5.69 Å². The number of para-hydroxylation sites is 1. The maximum Gasteiger partial charge on any atom is 0.317 e. The highest BCUT2D eigenvalue weighted by atomic mass is 16.2. The number of urea groups is 1. The average Bonchev–Trinajstić information content (AvgIpc) is 3.40. The van der Waals surface area contributed by atoms with Crippen molar-refractivity contribution in [2.45, 2.75) is 6.54 Å². The molecule has 0 unspecified atom stereocenters. The standard InChI is InChI=1S/C21H22N6O2/c28-20(17-5-4-9-22-15-17)26(14-13-25-12-11-23-21(25)29)16-19-8-10-24-27(19)18-6-2-1-3-7-18/h1-10,15H,11-14,16H2,(H,23,29). The van der Waals surface area contributed by atoms with Gasteiger partial charge in [-0.1, -0.05) is 18.2 Å². The van der Waals surface area contributed by atoms with Crippen LogP contribution in [0.15, 0.2) is 67.1 Å². The van der Waals surface area contributed by atoms with E-state index in [4.69, 9.17) is 0 Å². The number of amides is 3. The molecule has 0 atom stereocenters. The normalized spacial score (nSPS) is 13.4. The summed E-state index contributed by atoms with van der Waals surface area (Å²) in [4.78, 5) is 32.5. The molecule has 0 spiro atoms. The summed E-state index contributed by atoms with van der Waals surface area (Å²) in [5.41, 5.74) is 2.34. The molecule has 0 aliphatic carbocycles. The molecule has 1 aliphatic rings. The van der Waals surface area contributed by atoms with Gasteiger partial charge in [0.15, 0.2) is 0 Å². The fourth-order valence-electron chi connectivity index (χ4n) is 3.34. The quantitative estimate of drug-likeness (QED) is 0.668. The van der Waals surface area contributed by atoms with Crippen molar-refractivity contribution in [3.05, 3.63) is 78.4 Å². The summed E-state index contributed by atoms with van der Waals surface area (Å²) < 4.78 is 1.83. The largest absolute Gasteiger partial charge is 0.336 e. The number of nitrogens with one attached hydrogen (secondary N) is 1. The highest BCUT2D eigenvalue weighted by Gasteiger charge is 2.23. The summed E-state index contributed by atoms with van der Waals surface area (Å²) in [6, 6.07) is 15.1. The lowest BCUT2D eigenvalue weighted by Crippen LogP contribution is -2.40. The van der Waals surface area contributed by atoms with Crippen LogP contribution in [0.1, 0.15) is 16.1 Å².